The molecule has 0 unspecified atom stereocenters. The average Bonchev–Trinajstić information content (AvgIpc) is 3.06. The fourth-order valence-electron chi connectivity index (χ4n) is 3.24. The quantitative estimate of drug-likeness (QED) is 0.792. The number of piperidine rings is 1. The Morgan fingerprint density at radius 2 is 2.10 bits per heavy atom. The van der Waals surface area contributed by atoms with Crippen LogP contribution in [-0.4, -0.2) is 32.1 Å². The minimum Gasteiger partial charge on any atom is -0.496 e. The highest BCUT2D eigenvalue weighted by Gasteiger charge is 2.45. The number of fused-ring (bicyclic) bond motifs is 2. The number of ether oxygens (including phenoxy) is 2. The molecule has 0 aromatic heterocycles. The summed E-state index contributed by atoms with van der Waals surface area (Å²) in [5.74, 6) is 0.355. The molecule has 0 radical (unpaired) electrons. The summed E-state index contributed by atoms with van der Waals surface area (Å²) in [6, 6.07) is 5.47. The van der Waals surface area contributed by atoms with Crippen LogP contribution in [0.1, 0.15) is 29.6 Å². The smallest absolute Gasteiger partial charge is 0.341 e. The number of benzene rings is 1. The summed E-state index contributed by atoms with van der Waals surface area (Å²) in [6.45, 7) is 0. The molecule has 1 saturated carbocycles. The molecule has 5 nitrogen and oxygen atoms in total. The molecule has 1 amide bonds. The molecular weight excluding hydrogens is 258 g/mol. The Morgan fingerprint density at radius 1 is 1.30 bits per heavy atom. The number of nitrogens with zero attached hydrogens (tertiary/aromatic N) is 1. The maximum absolute atomic E-state index is 12.2. The molecule has 2 bridgehead atoms. The Morgan fingerprint density at radius 3 is 2.70 bits per heavy atom. The van der Waals surface area contributed by atoms with Crippen molar-refractivity contribution in [2.75, 3.05) is 19.1 Å². The highest BCUT2D eigenvalue weighted by atomic mass is 16.5. The highest BCUT2D eigenvalue weighted by Crippen LogP contribution is 2.42. The summed E-state index contributed by atoms with van der Waals surface area (Å²) in [6.07, 6.45) is 2.99. The maximum atomic E-state index is 12.2. The van der Waals surface area contributed by atoms with Gasteiger partial charge in [0.05, 0.1) is 14.2 Å². The van der Waals surface area contributed by atoms with Gasteiger partial charge in [0.1, 0.15) is 11.3 Å². The first kappa shape index (κ1) is 13.0. The van der Waals surface area contributed by atoms with Crippen molar-refractivity contribution in [2.24, 2.45) is 5.92 Å². The van der Waals surface area contributed by atoms with Gasteiger partial charge in [0.25, 0.3) is 0 Å². The first-order chi connectivity index (χ1) is 9.65. The summed E-state index contributed by atoms with van der Waals surface area (Å²) >= 11 is 0. The number of carbonyl (C=O) groups excluding carboxylic acids is 2. The topological polar surface area (TPSA) is 55.8 Å². The van der Waals surface area contributed by atoms with Crippen LogP contribution >= 0.6 is 0 Å². The first-order valence-electron chi connectivity index (χ1n) is 6.75. The Labute approximate surface area is 117 Å². The van der Waals surface area contributed by atoms with Gasteiger partial charge in [-0.2, -0.15) is 0 Å². The normalized spacial score (nSPS) is 24.1. The van der Waals surface area contributed by atoms with Gasteiger partial charge in [-0.1, -0.05) is 0 Å². The van der Waals surface area contributed by atoms with Gasteiger partial charge in [0.15, 0.2) is 0 Å². The van der Waals surface area contributed by atoms with E-state index < -0.39 is 5.97 Å². The number of hydrogen-bond acceptors (Lipinski definition) is 4. The van der Waals surface area contributed by atoms with Crippen LogP contribution in [-0.2, 0) is 9.53 Å². The van der Waals surface area contributed by atoms with Crippen LogP contribution in [0.4, 0.5) is 5.69 Å². The summed E-state index contributed by atoms with van der Waals surface area (Å²) in [5, 5.41) is 0. The molecule has 0 spiro atoms. The van der Waals surface area contributed by atoms with Gasteiger partial charge in [-0.3, -0.25) is 4.79 Å². The van der Waals surface area contributed by atoms with Gasteiger partial charge in [0, 0.05) is 23.7 Å². The standard InChI is InChI=1S/C15H17NO4/c1-19-13-8-11(5-6-12(13)15(18)20-2)16-10-4-3-9(7-10)14(16)17/h5-6,8-10H,3-4,7H2,1-2H3/t9-,10+/m0/s1. The largest absolute Gasteiger partial charge is 0.496 e. The predicted octanol–water partition coefficient (Wildman–Crippen LogP) is 2.00. The first-order valence-corrected chi connectivity index (χ1v) is 6.75. The van der Waals surface area contributed by atoms with E-state index in [4.69, 9.17) is 9.47 Å². The van der Waals surface area contributed by atoms with Gasteiger partial charge in [0.2, 0.25) is 5.91 Å². The molecular formula is C15H17NO4. The molecule has 1 aromatic carbocycles. The summed E-state index contributed by atoms with van der Waals surface area (Å²) in [7, 11) is 2.84. The molecule has 106 valence electrons. The average molecular weight is 275 g/mol. The van der Waals surface area contributed by atoms with Crippen LogP contribution in [0.2, 0.25) is 0 Å². The molecule has 2 aliphatic rings. The Hall–Kier alpha value is -2.04. The van der Waals surface area contributed by atoms with E-state index in [1.807, 2.05) is 4.90 Å². The third kappa shape index (κ3) is 1.85. The van der Waals surface area contributed by atoms with E-state index >= 15 is 0 Å². The number of hydrogen-bond donors (Lipinski definition) is 0. The fraction of sp³-hybridized carbons (Fsp3) is 0.467. The van der Waals surface area contributed by atoms with E-state index in [1.165, 1.54) is 14.2 Å². The zero-order chi connectivity index (χ0) is 14.3. The van der Waals surface area contributed by atoms with Gasteiger partial charge in [-0.25, -0.2) is 4.79 Å². The van der Waals surface area contributed by atoms with Crippen LogP contribution in [0.15, 0.2) is 18.2 Å². The molecule has 20 heavy (non-hydrogen) atoms. The van der Waals surface area contributed by atoms with Gasteiger partial charge < -0.3 is 14.4 Å². The van der Waals surface area contributed by atoms with Crippen LogP contribution in [0.5, 0.6) is 5.75 Å². The molecule has 3 rings (SSSR count). The van der Waals surface area contributed by atoms with Gasteiger partial charge in [-0.05, 0) is 31.4 Å². The molecule has 5 heteroatoms. The monoisotopic (exact) mass is 275 g/mol. The second kappa shape index (κ2) is 4.81. The molecule has 1 saturated heterocycles. The van der Waals surface area contributed by atoms with Crippen molar-refractivity contribution in [3.05, 3.63) is 23.8 Å². The van der Waals surface area contributed by atoms with E-state index in [-0.39, 0.29) is 11.8 Å². The lowest BCUT2D eigenvalue weighted by atomic mass is 10.1. The number of methoxy groups -OCH3 is 2. The van der Waals surface area contributed by atoms with Crippen LogP contribution in [0, 0.1) is 5.92 Å². The second-order valence-corrected chi connectivity index (χ2v) is 5.25. The Balaban J connectivity index is 1.96. The molecule has 2 fully saturated rings. The van der Waals surface area contributed by atoms with Crippen molar-refractivity contribution < 1.29 is 19.1 Å². The van der Waals surface area contributed by atoms with Crippen molar-refractivity contribution in [1.29, 1.82) is 0 Å². The van der Waals surface area contributed by atoms with Crippen LogP contribution < -0.4 is 9.64 Å². The SMILES string of the molecule is COC(=O)c1ccc(N2C(=O)[C@H]3CC[C@@H]2C3)cc1OC. The van der Waals surface area contributed by atoms with Gasteiger partial charge >= 0.3 is 5.97 Å². The lowest BCUT2D eigenvalue weighted by molar-refractivity contribution is -0.121. The van der Waals surface area contributed by atoms with Crippen LogP contribution in [0.25, 0.3) is 0 Å². The molecule has 2 atom stereocenters. The minimum atomic E-state index is -0.442. The third-order valence-electron chi connectivity index (χ3n) is 4.23. The third-order valence-corrected chi connectivity index (χ3v) is 4.23. The summed E-state index contributed by atoms with van der Waals surface area (Å²) in [5.41, 5.74) is 1.17. The van der Waals surface area contributed by atoms with Crippen molar-refractivity contribution in [3.8, 4) is 5.75 Å². The van der Waals surface area contributed by atoms with E-state index in [0.29, 0.717) is 17.4 Å². The number of esters is 1. The van der Waals surface area contributed by atoms with Gasteiger partial charge in [-0.15, -0.1) is 0 Å². The van der Waals surface area contributed by atoms with Crippen LogP contribution in [0.3, 0.4) is 0 Å². The van der Waals surface area contributed by atoms with Crippen molar-refractivity contribution in [3.63, 3.8) is 0 Å². The molecule has 0 N–H and O–H groups in total. The maximum Gasteiger partial charge on any atom is 0.341 e. The van der Waals surface area contributed by atoms with Crippen molar-refractivity contribution >= 4 is 17.6 Å². The van der Waals surface area contributed by atoms with E-state index in [2.05, 4.69) is 0 Å². The second-order valence-electron chi connectivity index (χ2n) is 5.25. The lowest BCUT2D eigenvalue weighted by Crippen LogP contribution is -2.36. The number of anilines is 1. The molecule has 1 aliphatic heterocycles. The summed E-state index contributed by atoms with van der Waals surface area (Å²) in [4.78, 5) is 25.7. The molecule has 1 heterocycles. The minimum absolute atomic E-state index is 0.172. The lowest BCUT2D eigenvalue weighted by Gasteiger charge is -2.27. The Bertz CT molecular complexity index is 569. The summed E-state index contributed by atoms with van der Waals surface area (Å²) < 4.78 is 9.96. The number of carbonyl (C=O) groups is 2. The fourth-order valence-corrected chi connectivity index (χ4v) is 3.24. The van der Waals surface area contributed by atoms with E-state index in [0.717, 1.165) is 24.9 Å². The zero-order valence-electron chi connectivity index (χ0n) is 11.6. The molecule has 1 aliphatic carbocycles. The molecule has 1 aromatic rings. The van der Waals surface area contributed by atoms with E-state index in [9.17, 15) is 9.59 Å². The number of amides is 1. The zero-order valence-corrected chi connectivity index (χ0v) is 11.6. The number of rotatable bonds is 3. The highest BCUT2D eigenvalue weighted by molar-refractivity contribution is 6.00. The van der Waals surface area contributed by atoms with Crippen molar-refractivity contribution in [2.45, 2.75) is 25.3 Å². The Kier molecular flexibility index (Phi) is 3.12. The van der Waals surface area contributed by atoms with Crippen molar-refractivity contribution in [1.82, 2.24) is 0 Å². The van der Waals surface area contributed by atoms with E-state index in [1.54, 1.807) is 18.2 Å². The predicted molar refractivity (Wildman–Crippen MR) is 72.9 cm³/mol.